The van der Waals surface area contributed by atoms with Crippen LogP contribution >= 0.6 is 34.6 Å². The van der Waals surface area contributed by atoms with Crippen LogP contribution in [-0.2, 0) is 13.0 Å². The van der Waals surface area contributed by atoms with Gasteiger partial charge >= 0.3 is 0 Å². The zero-order valence-electron chi connectivity index (χ0n) is 10.6. The van der Waals surface area contributed by atoms with Crippen molar-refractivity contribution in [3.8, 4) is 0 Å². The van der Waals surface area contributed by atoms with Crippen LogP contribution in [0.15, 0.2) is 20.9 Å². The highest BCUT2D eigenvalue weighted by atomic mass is 32.2. The number of hydrogen-bond donors (Lipinski definition) is 1. The third-order valence-corrected chi connectivity index (χ3v) is 5.18. The SMILES string of the molecule is CCc1nsc(Sc2nc3sccn3c2CNC)n1. The molecule has 3 rings (SSSR count). The Hall–Kier alpha value is -0.960. The predicted molar refractivity (Wildman–Crippen MR) is 79.2 cm³/mol. The highest BCUT2D eigenvalue weighted by molar-refractivity contribution is 8.00. The van der Waals surface area contributed by atoms with E-state index in [1.54, 1.807) is 23.1 Å². The van der Waals surface area contributed by atoms with Crippen molar-refractivity contribution in [2.24, 2.45) is 0 Å². The molecule has 100 valence electrons. The fourth-order valence-electron chi connectivity index (χ4n) is 1.73. The molecule has 8 heteroatoms. The molecule has 0 fully saturated rings. The Balaban J connectivity index is 1.94. The van der Waals surface area contributed by atoms with Crippen molar-refractivity contribution in [3.63, 3.8) is 0 Å². The van der Waals surface area contributed by atoms with Crippen LogP contribution in [0.2, 0.25) is 0 Å². The summed E-state index contributed by atoms with van der Waals surface area (Å²) in [5.74, 6) is 0.906. The number of fused-ring (bicyclic) bond motifs is 1. The Labute approximate surface area is 123 Å². The van der Waals surface area contributed by atoms with Gasteiger partial charge in [0.15, 0.2) is 9.30 Å². The van der Waals surface area contributed by atoms with Gasteiger partial charge in [-0.05, 0) is 30.3 Å². The van der Waals surface area contributed by atoms with Gasteiger partial charge in [-0.15, -0.1) is 11.3 Å². The van der Waals surface area contributed by atoms with Crippen LogP contribution in [0.25, 0.3) is 4.96 Å². The number of hydrogen-bond acceptors (Lipinski definition) is 7. The molecule has 5 nitrogen and oxygen atoms in total. The van der Waals surface area contributed by atoms with Gasteiger partial charge in [-0.2, -0.15) is 4.37 Å². The summed E-state index contributed by atoms with van der Waals surface area (Å²) in [4.78, 5) is 10.2. The van der Waals surface area contributed by atoms with Gasteiger partial charge in [0.05, 0.1) is 5.69 Å². The highest BCUT2D eigenvalue weighted by Gasteiger charge is 2.15. The summed E-state index contributed by atoms with van der Waals surface area (Å²) in [5, 5.41) is 6.26. The fourth-order valence-corrected chi connectivity index (χ4v) is 4.25. The van der Waals surface area contributed by atoms with Crippen LogP contribution in [0.3, 0.4) is 0 Å². The van der Waals surface area contributed by atoms with Crippen molar-refractivity contribution < 1.29 is 0 Å². The van der Waals surface area contributed by atoms with Gasteiger partial charge in [-0.1, -0.05) is 6.92 Å². The Morgan fingerprint density at radius 1 is 1.42 bits per heavy atom. The first-order chi connectivity index (χ1) is 9.31. The van der Waals surface area contributed by atoms with Crippen molar-refractivity contribution in [1.82, 2.24) is 24.1 Å². The largest absolute Gasteiger partial charge is 0.314 e. The van der Waals surface area contributed by atoms with Crippen molar-refractivity contribution in [2.45, 2.75) is 29.3 Å². The summed E-state index contributed by atoms with van der Waals surface area (Å²) in [6.45, 7) is 2.86. The Morgan fingerprint density at radius 3 is 3.05 bits per heavy atom. The molecule has 0 aliphatic carbocycles. The molecular weight excluding hydrogens is 298 g/mol. The molecule has 0 aromatic carbocycles. The number of nitrogens with one attached hydrogen (secondary N) is 1. The van der Waals surface area contributed by atoms with Crippen LogP contribution in [0, 0.1) is 0 Å². The minimum Gasteiger partial charge on any atom is -0.314 e. The summed E-state index contributed by atoms with van der Waals surface area (Å²) < 4.78 is 7.40. The number of aromatic nitrogens is 4. The van der Waals surface area contributed by atoms with Crippen LogP contribution in [0.1, 0.15) is 18.4 Å². The van der Waals surface area contributed by atoms with E-state index in [9.17, 15) is 0 Å². The maximum absolute atomic E-state index is 4.66. The molecule has 0 aliphatic rings. The second-order valence-corrected chi connectivity index (χ2v) is 6.74. The van der Waals surface area contributed by atoms with Gasteiger partial charge in [-0.3, -0.25) is 4.40 Å². The van der Waals surface area contributed by atoms with Crippen molar-refractivity contribution >= 4 is 39.6 Å². The third-order valence-electron chi connectivity index (χ3n) is 2.62. The van der Waals surface area contributed by atoms with E-state index in [1.807, 2.05) is 7.05 Å². The first-order valence-corrected chi connectivity index (χ1v) is 8.38. The molecular formula is C11H13N5S3. The van der Waals surface area contributed by atoms with Gasteiger partial charge in [0.25, 0.3) is 0 Å². The predicted octanol–water partition coefficient (Wildman–Crippen LogP) is 2.68. The van der Waals surface area contributed by atoms with E-state index < -0.39 is 0 Å². The zero-order chi connectivity index (χ0) is 13.2. The van der Waals surface area contributed by atoms with Crippen molar-refractivity contribution in [3.05, 3.63) is 23.1 Å². The lowest BCUT2D eigenvalue weighted by Gasteiger charge is -2.00. The Kier molecular flexibility index (Phi) is 3.83. The fraction of sp³-hybridized carbons (Fsp3) is 0.364. The molecule has 3 heterocycles. The van der Waals surface area contributed by atoms with Gasteiger partial charge in [0.2, 0.25) is 0 Å². The van der Waals surface area contributed by atoms with Crippen LogP contribution < -0.4 is 5.32 Å². The number of nitrogens with zero attached hydrogens (tertiary/aromatic N) is 4. The lowest BCUT2D eigenvalue weighted by atomic mass is 10.5. The molecule has 0 atom stereocenters. The number of thiazole rings is 1. The van der Waals surface area contributed by atoms with Gasteiger partial charge in [0.1, 0.15) is 10.9 Å². The number of rotatable bonds is 5. The minimum atomic E-state index is 0.791. The molecule has 0 bridgehead atoms. The standard InChI is InChI=1S/C11H13N5S3/c1-3-8-13-11(19-15-8)18-9-7(6-12-2)16-4-5-17-10(16)14-9/h4-5,12H,3,6H2,1-2H3. The zero-order valence-corrected chi connectivity index (χ0v) is 13.0. The Morgan fingerprint density at radius 2 is 2.32 bits per heavy atom. The molecule has 3 aromatic heterocycles. The molecule has 0 amide bonds. The van der Waals surface area contributed by atoms with Crippen LogP contribution in [-0.4, -0.2) is 25.8 Å². The number of aryl methyl sites for hydroxylation is 1. The molecule has 19 heavy (non-hydrogen) atoms. The molecule has 0 saturated carbocycles. The molecule has 0 aliphatic heterocycles. The number of imidazole rings is 1. The summed E-state index contributed by atoms with van der Waals surface area (Å²) in [5.41, 5.74) is 1.18. The third kappa shape index (κ3) is 2.53. The topological polar surface area (TPSA) is 55.1 Å². The minimum absolute atomic E-state index is 0.791. The Bertz CT molecular complexity index is 683. The summed E-state index contributed by atoms with van der Waals surface area (Å²) in [6.07, 6.45) is 2.93. The van der Waals surface area contributed by atoms with Gasteiger partial charge in [-0.25, -0.2) is 9.97 Å². The molecule has 1 N–H and O–H groups in total. The average molecular weight is 311 g/mol. The lowest BCUT2D eigenvalue weighted by molar-refractivity contribution is 0.765. The monoisotopic (exact) mass is 311 g/mol. The van der Waals surface area contributed by atoms with E-state index >= 15 is 0 Å². The first-order valence-electron chi connectivity index (χ1n) is 5.91. The van der Waals surface area contributed by atoms with Crippen molar-refractivity contribution in [2.75, 3.05) is 7.05 Å². The van der Waals surface area contributed by atoms with E-state index in [1.165, 1.54) is 17.2 Å². The maximum Gasteiger partial charge on any atom is 0.194 e. The molecule has 0 saturated heterocycles. The van der Waals surface area contributed by atoms with E-state index in [0.29, 0.717) is 0 Å². The summed E-state index contributed by atoms with van der Waals surface area (Å²) in [6, 6.07) is 0. The molecule has 0 spiro atoms. The first kappa shape index (κ1) is 13.0. The molecule has 3 aromatic rings. The summed E-state index contributed by atoms with van der Waals surface area (Å²) in [7, 11) is 1.94. The second kappa shape index (κ2) is 5.58. The van der Waals surface area contributed by atoms with E-state index in [0.717, 1.165) is 33.1 Å². The van der Waals surface area contributed by atoms with Crippen molar-refractivity contribution in [1.29, 1.82) is 0 Å². The molecule has 0 unspecified atom stereocenters. The van der Waals surface area contributed by atoms with Gasteiger partial charge in [0, 0.05) is 24.5 Å². The van der Waals surface area contributed by atoms with Gasteiger partial charge < -0.3 is 5.32 Å². The van der Waals surface area contributed by atoms with E-state index in [2.05, 4.69) is 42.6 Å². The normalized spacial score (nSPS) is 11.5. The second-order valence-electron chi connectivity index (χ2n) is 3.88. The average Bonchev–Trinajstić information content (AvgIpc) is 3.09. The smallest absolute Gasteiger partial charge is 0.194 e. The maximum atomic E-state index is 4.66. The summed E-state index contributed by atoms with van der Waals surface area (Å²) >= 11 is 4.69. The quantitative estimate of drug-likeness (QED) is 0.785. The van der Waals surface area contributed by atoms with E-state index in [-0.39, 0.29) is 0 Å². The lowest BCUT2D eigenvalue weighted by Crippen LogP contribution is -2.07. The van der Waals surface area contributed by atoms with Crippen LogP contribution in [0.5, 0.6) is 0 Å². The molecule has 0 radical (unpaired) electrons. The van der Waals surface area contributed by atoms with E-state index in [4.69, 9.17) is 0 Å². The highest BCUT2D eigenvalue weighted by Crippen LogP contribution is 2.32. The van der Waals surface area contributed by atoms with Crippen LogP contribution in [0.4, 0.5) is 0 Å².